The van der Waals surface area contributed by atoms with Crippen LogP contribution in [0.2, 0.25) is 12.6 Å². The molecule has 0 aliphatic carbocycles. The maximum atomic E-state index is 11.2. The molecule has 0 aliphatic heterocycles. The number of carboxylic acid groups (broad SMARTS) is 2. The minimum atomic E-state index is -2.16. The molecule has 20 heavy (non-hydrogen) atoms. The number of hydrogen-bond donors (Lipinski definition) is 2. The maximum absolute atomic E-state index is 11.2. The molecular weight excluding hydrogens is 282 g/mol. The van der Waals surface area contributed by atoms with Gasteiger partial charge in [-0.05, 0) is 32.1 Å². The summed E-state index contributed by atoms with van der Waals surface area (Å²) in [6.07, 6.45) is 0.314. The molecule has 0 aromatic carbocycles. The van der Waals surface area contributed by atoms with Crippen molar-refractivity contribution in [2.75, 3.05) is 27.3 Å². The molecule has 0 fully saturated rings. The van der Waals surface area contributed by atoms with Gasteiger partial charge in [-0.15, -0.1) is 0 Å². The molecule has 0 aliphatic rings. The Balaban J connectivity index is 4.52. The van der Waals surface area contributed by atoms with Crippen molar-refractivity contribution in [2.24, 2.45) is 0 Å². The molecule has 118 valence electrons. The molecule has 0 aromatic heterocycles. The lowest BCUT2D eigenvalue weighted by Gasteiger charge is -2.28. The Kier molecular flexibility index (Phi) is 8.62. The van der Waals surface area contributed by atoms with Gasteiger partial charge in [-0.3, -0.25) is 14.5 Å². The zero-order chi connectivity index (χ0) is 15.8. The average molecular weight is 307 g/mol. The van der Waals surface area contributed by atoms with E-state index in [9.17, 15) is 9.59 Å². The molecule has 0 bridgehead atoms. The Hall–Kier alpha value is -0.963. The zero-order valence-corrected chi connectivity index (χ0v) is 13.6. The van der Waals surface area contributed by atoms with Crippen LogP contribution in [0, 0.1) is 0 Å². The highest BCUT2D eigenvalue weighted by atomic mass is 28.4. The predicted octanol–water partition coefficient (Wildman–Crippen LogP) is 0.991. The molecule has 8 heteroatoms. The Labute approximate surface area is 120 Å². The summed E-state index contributed by atoms with van der Waals surface area (Å²) < 4.78 is 10.7. The second kappa shape index (κ2) is 9.06. The Morgan fingerprint density at radius 2 is 1.80 bits per heavy atom. The van der Waals surface area contributed by atoms with Gasteiger partial charge < -0.3 is 19.1 Å². The van der Waals surface area contributed by atoms with Gasteiger partial charge in [0, 0.05) is 14.2 Å². The van der Waals surface area contributed by atoms with Gasteiger partial charge in [-0.1, -0.05) is 6.92 Å². The van der Waals surface area contributed by atoms with E-state index < -0.39 is 33.0 Å². The van der Waals surface area contributed by atoms with Gasteiger partial charge in [0.25, 0.3) is 0 Å². The van der Waals surface area contributed by atoms with Gasteiger partial charge in [0.2, 0.25) is 0 Å². The van der Waals surface area contributed by atoms with Crippen LogP contribution >= 0.6 is 0 Å². The van der Waals surface area contributed by atoms with Gasteiger partial charge in [0.05, 0.1) is 6.42 Å². The van der Waals surface area contributed by atoms with Crippen LogP contribution in [0.1, 0.15) is 19.8 Å². The van der Waals surface area contributed by atoms with Crippen molar-refractivity contribution < 1.29 is 28.7 Å². The van der Waals surface area contributed by atoms with E-state index >= 15 is 0 Å². The van der Waals surface area contributed by atoms with Gasteiger partial charge >= 0.3 is 20.5 Å². The van der Waals surface area contributed by atoms with E-state index in [0.717, 1.165) is 6.04 Å². The van der Waals surface area contributed by atoms with Gasteiger partial charge in [0.1, 0.15) is 6.04 Å². The van der Waals surface area contributed by atoms with Crippen LogP contribution in [0.25, 0.3) is 0 Å². The first-order valence-electron chi connectivity index (χ1n) is 6.58. The summed E-state index contributed by atoms with van der Waals surface area (Å²) in [5, 5.41) is 17.9. The molecule has 0 amide bonds. The van der Waals surface area contributed by atoms with E-state index in [-0.39, 0.29) is 0 Å². The molecule has 1 unspecified atom stereocenters. The highest BCUT2D eigenvalue weighted by Crippen LogP contribution is 2.15. The first kappa shape index (κ1) is 19.0. The SMILES string of the molecule is CCN(CCC[Si](C)(OC)OC)C(CC(=O)O)C(=O)O. The normalized spacial score (nSPS) is 13.4. The molecule has 0 saturated carbocycles. The molecule has 0 spiro atoms. The maximum Gasteiger partial charge on any atom is 0.334 e. The fraction of sp³-hybridized carbons (Fsp3) is 0.833. The van der Waals surface area contributed by atoms with E-state index in [1.807, 2.05) is 13.5 Å². The van der Waals surface area contributed by atoms with Crippen molar-refractivity contribution in [2.45, 2.75) is 38.4 Å². The van der Waals surface area contributed by atoms with Crippen molar-refractivity contribution in [1.29, 1.82) is 0 Å². The first-order chi connectivity index (χ1) is 9.29. The van der Waals surface area contributed by atoms with Crippen LogP contribution in [0.3, 0.4) is 0 Å². The third-order valence-electron chi connectivity index (χ3n) is 3.44. The molecule has 0 radical (unpaired) electrons. The van der Waals surface area contributed by atoms with E-state index in [2.05, 4.69) is 0 Å². The summed E-state index contributed by atoms with van der Waals surface area (Å²) in [6, 6.07) is -0.258. The Bertz CT molecular complexity index is 321. The van der Waals surface area contributed by atoms with Crippen molar-refractivity contribution in [1.82, 2.24) is 4.90 Å². The second-order valence-corrected chi connectivity index (χ2v) is 8.31. The minimum Gasteiger partial charge on any atom is -0.481 e. The average Bonchev–Trinajstić information content (AvgIpc) is 2.40. The van der Waals surface area contributed by atoms with Crippen molar-refractivity contribution in [3.05, 3.63) is 0 Å². The molecule has 2 N–H and O–H groups in total. The largest absolute Gasteiger partial charge is 0.481 e. The lowest BCUT2D eigenvalue weighted by atomic mass is 10.1. The highest BCUT2D eigenvalue weighted by molar-refractivity contribution is 6.65. The van der Waals surface area contributed by atoms with Gasteiger partial charge in [-0.2, -0.15) is 0 Å². The number of hydrogen-bond acceptors (Lipinski definition) is 5. The summed E-state index contributed by atoms with van der Waals surface area (Å²) >= 11 is 0. The smallest absolute Gasteiger partial charge is 0.334 e. The fourth-order valence-corrected chi connectivity index (χ4v) is 3.34. The van der Waals surface area contributed by atoms with Gasteiger partial charge in [-0.25, -0.2) is 0 Å². The zero-order valence-electron chi connectivity index (χ0n) is 12.6. The standard InChI is InChI=1S/C12H25NO6Si/c1-5-13(10(12(16)17)9-11(14)15)7-6-8-20(4,18-2)19-3/h10H,5-9H2,1-4H3,(H,14,15)(H,16,17). The van der Waals surface area contributed by atoms with Crippen LogP contribution in [0.4, 0.5) is 0 Å². The number of carboxylic acids is 2. The fourth-order valence-electron chi connectivity index (χ4n) is 1.96. The number of carbonyl (C=O) groups is 2. The number of nitrogens with zero attached hydrogens (tertiary/aromatic N) is 1. The van der Waals surface area contributed by atoms with Crippen molar-refractivity contribution in [3.8, 4) is 0 Å². The molecule has 0 aromatic rings. The summed E-state index contributed by atoms with van der Waals surface area (Å²) in [7, 11) is 1.06. The third-order valence-corrected chi connectivity index (χ3v) is 6.43. The van der Waals surface area contributed by atoms with Crippen LogP contribution in [-0.2, 0) is 18.4 Å². The summed E-state index contributed by atoms with van der Waals surface area (Å²) in [4.78, 5) is 23.6. The Morgan fingerprint density at radius 3 is 2.15 bits per heavy atom. The van der Waals surface area contributed by atoms with Crippen LogP contribution in [0.5, 0.6) is 0 Å². The van der Waals surface area contributed by atoms with Crippen molar-refractivity contribution >= 4 is 20.5 Å². The number of likely N-dealkylation sites (N-methyl/N-ethyl adjacent to an activating group) is 1. The minimum absolute atomic E-state index is 0.396. The molecule has 0 saturated heterocycles. The summed E-state index contributed by atoms with van der Waals surface area (Å²) in [5.41, 5.74) is 0. The van der Waals surface area contributed by atoms with E-state index in [1.165, 1.54) is 0 Å². The van der Waals surface area contributed by atoms with Crippen LogP contribution in [0.15, 0.2) is 0 Å². The summed E-state index contributed by atoms with van der Waals surface area (Å²) in [6.45, 7) is 4.76. The number of aliphatic carboxylic acids is 2. The molecular formula is C12H25NO6Si. The van der Waals surface area contributed by atoms with E-state index in [4.69, 9.17) is 19.1 Å². The quantitative estimate of drug-likeness (QED) is 0.549. The van der Waals surface area contributed by atoms with Gasteiger partial charge in [0.15, 0.2) is 0 Å². The lowest BCUT2D eigenvalue weighted by molar-refractivity contribution is -0.149. The van der Waals surface area contributed by atoms with Crippen molar-refractivity contribution in [3.63, 3.8) is 0 Å². The molecule has 0 heterocycles. The van der Waals surface area contributed by atoms with Crippen LogP contribution in [-0.4, -0.2) is 69.0 Å². The number of rotatable bonds is 11. The topological polar surface area (TPSA) is 96.3 Å². The van der Waals surface area contributed by atoms with E-state index in [0.29, 0.717) is 19.5 Å². The van der Waals surface area contributed by atoms with E-state index in [1.54, 1.807) is 19.1 Å². The second-order valence-electron chi connectivity index (χ2n) is 4.73. The monoisotopic (exact) mass is 307 g/mol. The lowest BCUT2D eigenvalue weighted by Crippen LogP contribution is -2.44. The highest BCUT2D eigenvalue weighted by Gasteiger charge is 2.30. The molecule has 7 nitrogen and oxygen atoms in total. The van der Waals surface area contributed by atoms with Crippen LogP contribution < -0.4 is 0 Å². The third kappa shape index (κ3) is 6.46. The first-order valence-corrected chi connectivity index (χ1v) is 9.11. The molecule has 0 rings (SSSR count). The Morgan fingerprint density at radius 1 is 1.25 bits per heavy atom. The predicted molar refractivity (Wildman–Crippen MR) is 76.0 cm³/mol. The molecule has 1 atom stereocenters. The summed E-state index contributed by atoms with van der Waals surface area (Å²) in [5.74, 6) is -2.21.